The molecule has 4 aromatic rings. The Kier molecular flexibility index (Phi) is 6.27. The van der Waals surface area contributed by atoms with Crippen molar-refractivity contribution < 1.29 is 41.8 Å². The molecule has 0 spiro atoms. The van der Waals surface area contributed by atoms with Gasteiger partial charge in [0.05, 0.1) is 27.1 Å². The molecule has 0 aliphatic carbocycles. The van der Waals surface area contributed by atoms with E-state index in [1.54, 1.807) is 0 Å². The predicted molar refractivity (Wildman–Crippen MR) is 120 cm³/mol. The molecule has 1 N–H and O–H groups in total. The maximum atomic E-state index is 14.9. The molecule has 0 aliphatic heterocycles. The summed E-state index contributed by atoms with van der Waals surface area (Å²) in [5.74, 6) is -4.73. The molecule has 0 saturated heterocycles. The number of carboxylic acids is 1. The molecule has 184 valence electrons. The van der Waals surface area contributed by atoms with E-state index in [4.69, 9.17) is 16.3 Å². The molecular formula is C24H13ClF4N2O5. The third kappa shape index (κ3) is 4.40. The van der Waals surface area contributed by atoms with Crippen molar-refractivity contribution in [3.63, 3.8) is 0 Å². The average molecular weight is 521 g/mol. The molecule has 7 nitrogen and oxygen atoms in total. The van der Waals surface area contributed by atoms with Gasteiger partial charge in [-0.1, -0.05) is 29.8 Å². The quantitative estimate of drug-likeness (QED) is 0.207. The zero-order valence-electron chi connectivity index (χ0n) is 18.1. The lowest BCUT2D eigenvalue weighted by Gasteiger charge is -2.13. The summed E-state index contributed by atoms with van der Waals surface area (Å²) in [6, 6.07) is 9.80. The minimum Gasteiger partial charge on any atom is -0.478 e. The van der Waals surface area contributed by atoms with Gasteiger partial charge in [-0.05, 0) is 36.4 Å². The smallest absolute Gasteiger partial charge is 0.417 e. The first-order valence-electron chi connectivity index (χ1n) is 10.0. The minimum atomic E-state index is -4.92. The fourth-order valence-electron chi connectivity index (χ4n) is 3.65. The van der Waals surface area contributed by atoms with Crippen molar-refractivity contribution in [3.05, 3.63) is 82.1 Å². The molecule has 36 heavy (non-hydrogen) atoms. The number of benzene rings is 3. The summed E-state index contributed by atoms with van der Waals surface area (Å²) in [7, 11) is 0. The number of carbonyl (C=O) groups is 3. The number of ether oxygens (including phenoxy) is 1. The van der Waals surface area contributed by atoms with E-state index in [0.29, 0.717) is 10.7 Å². The summed E-state index contributed by atoms with van der Waals surface area (Å²) in [5.41, 5.74) is -2.90. The second kappa shape index (κ2) is 9.08. The Bertz CT molecular complexity index is 1560. The van der Waals surface area contributed by atoms with Crippen LogP contribution in [0.3, 0.4) is 0 Å². The molecule has 0 fully saturated rings. The van der Waals surface area contributed by atoms with Gasteiger partial charge < -0.3 is 9.84 Å². The van der Waals surface area contributed by atoms with Gasteiger partial charge in [-0.25, -0.2) is 9.18 Å². The molecule has 0 saturated carbocycles. The predicted octanol–water partition coefficient (Wildman–Crippen LogP) is 5.83. The van der Waals surface area contributed by atoms with Crippen molar-refractivity contribution in [1.29, 1.82) is 0 Å². The normalized spacial score (nSPS) is 11.5. The van der Waals surface area contributed by atoms with Crippen molar-refractivity contribution in [1.82, 2.24) is 9.78 Å². The van der Waals surface area contributed by atoms with Gasteiger partial charge in [-0.2, -0.15) is 23.0 Å². The van der Waals surface area contributed by atoms with E-state index in [0.717, 1.165) is 37.3 Å². The Morgan fingerprint density at radius 2 is 1.75 bits per heavy atom. The zero-order valence-corrected chi connectivity index (χ0v) is 18.8. The van der Waals surface area contributed by atoms with Crippen LogP contribution in [0.1, 0.15) is 33.2 Å². The monoisotopic (exact) mass is 520 g/mol. The Labute approximate surface area is 204 Å². The van der Waals surface area contributed by atoms with Crippen LogP contribution in [0.25, 0.3) is 22.2 Å². The average Bonchev–Trinajstić information content (AvgIpc) is 3.18. The van der Waals surface area contributed by atoms with Crippen LogP contribution in [0.15, 0.2) is 54.6 Å². The van der Waals surface area contributed by atoms with Crippen molar-refractivity contribution in [2.45, 2.75) is 13.1 Å². The van der Waals surface area contributed by atoms with Crippen molar-refractivity contribution in [2.75, 3.05) is 0 Å². The van der Waals surface area contributed by atoms with Crippen LogP contribution >= 0.6 is 11.6 Å². The van der Waals surface area contributed by atoms with Crippen molar-refractivity contribution >= 4 is 40.3 Å². The zero-order chi connectivity index (χ0) is 26.4. The lowest BCUT2D eigenvalue weighted by atomic mass is 10.0. The molecular weight excluding hydrogens is 508 g/mol. The number of alkyl halides is 3. The highest BCUT2D eigenvalue weighted by atomic mass is 35.5. The molecule has 3 aromatic carbocycles. The highest BCUT2D eigenvalue weighted by molar-refractivity contribution is 6.34. The summed E-state index contributed by atoms with van der Waals surface area (Å²) in [6.07, 6.45) is -4.92. The number of aromatic carboxylic acids is 1. The number of rotatable bonds is 4. The first-order valence-corrected chi connectivity index (χ1v) is 10.4. The van der Waals surface area contributed by atoms with Crippen molar-refractivity contribution in [2.24, 2.45) is 0 Å². The fraction of sp³-hybridized carbons (Fsp3) is 0.0833. The van der Waals surface area contributed by atoms with Gasteiger partial charge in [0, 0.05) is 12.5 Å². The highest BCUT2D eigenvalue weighted by Gasteiger charge is 2.37. The molecule has 4 rings (SSSR count). The summed E-state index contributed by atoms with van der Waals surface area (Å²) >= 11 is 5.96. The summed E-state index contributed by atoms with van der Waals surface area (Å²) in [5, 5.41) is 12.7. The minimum absolute atomic E-state index is 0.0353. The topological polar surface area (TPSA) is 98.5 Å². The van der Waals surface area contributed by atoms with Gasteiger partial charge in [0.25, 0.3) is 5.91 Å². The number of halogens is 5. The van der Waals surface area contributed by atoms with Gasteiger partial charge in [0.1, 0.15) is 22.8 Å². The molecule has 1 aromatic heterocycles. The summed E-state index contributed by atoms with van der Waals surface area (Å²) < 4.78 is 61.3. The lowest BCUT2D eigenvalue weighted by Crippen LogP contribution is -2.20. The summed E-state index contributed by atoms with van der Waals surface area (Å²) in [4.78, 5) is 36.3. The van der Waals surface area contributed by atoms with E-state index in [-0.39, 0.29) is 33.5 Å². The second-order valence-electron chi connectivity index (χ2n) is 7.47. The highest BCUT2D eigenvalue weighted by Crippen LogP contribution is 2.38. The number of carboxylic acid groups (broad SMARTS) is 1. The number of nitrogens with zero attached hydrogens (tertiary/aromatic N) is 2. The first-order chi connectivity index (χ1) is 16.9. The van der Waals surface area contributed by atoms with Crippen LogP contribution in [-0.4, -0.2) is 32.7 Å². The van der Waals surface area contributed by atoms with Crippen LogP contribution in [0.4, 0.5) is 17.6 Å². The van der Waals surface area contributed by atoms with Gasteiger partial charge >= 0.3 is 18.1 Å². The van der Waals surface area contributed by atoms with Crippen LogP contribution in [0.5, 0.6) is 5.75 Å². The number of aromatic nitrogens is 2. The molecule has 1 heterocycles. The number of esters is 1. The van der Waals surface area contributed by atoms with E-state index in [1.165, 1.54) is 18.2 Å². The molecule has 0 aliphatic rings. The van der Waals surface area contributed by atoms with E-state index in [1.807, 2.05) is 0 Å². The number of carbonyl (C=O) groups excluding carboxylic acids is 2. The molecule has 0 bridgehead atoms. The number of hydrogen-bond acceptors (Lipinski definition) is 5. The molecule has 0 atom stereocenters. The van der Waals surface area contributed by atoms with Gasteiger partial charge in [0.15, 0.2) is 0 Å². The standard InChI is InChI=1S/C24H13ClF4N2O5/c1-11(32)36-18-10-12(8-9-13(18)23(34)35)21-20-16(26)6-3-7-17(20)31(30-21)22(33)19-14(24(27,28)29)4-2-5-15(19)25/h2-10H,1H3,(H,34,35). The van der Waals surface area contributed by atoms with Crippen molar-refractivity contribution in [3.8, 4) is 17.0 Å². The van der Waals surface area contributed by atoms with Crippen LogP contribution in [-0.2, 0) is 11.0 Å². The SMILES string of the molecule is CC(=O)Oc1cc(-c2nn(C(=O)c3c(Cl)cccc3C(F)(F)F)c3cccc(F)c23)ccc1C(=O)O. The van der Waals surface area contributed by atoms with Gasteiger partial charge in [-0.3, -0.25) is 9.59 Å². The maximum Gasteiger partial charge on any atom is 0.417 e. The number of hydrogen-bond donors (Lipinski definition) is 1. The Hall–Kier alpha value is -4.25. The maximum absolute atomic E-state index is 14.9. The third-order valence-corrected chi connectivity index (χ3v) is 5.44. The lowest BCUT2D eigenvalue weighted by molar-refractivity contribution is -0.138. The molecule has 0 unspecified atom stereocenters. The van der Waals surface area contributed by atoms with Crippen LogP contribution in [0.2, 0.25) is 5.02 Å². The molecule has 0 amide bonds. The third-order valence-electron chi connectivity index (χ3n) is 5.12. The summed E-state index contributed by atoms with van der Waals surface area (Å²) in [6.45, 7) is 1.04. The van der Waals surface area contributed by atoms with Gasteiger partial charge in [-0.15, -0.1) is 0 Å². The Morgan fingerprint density at radius 3 is 2.39 bits per heavy atom. The molecule has 0 radical (unpaired) electrons. The van der Waals surface area contributed by atoms with E-state index >= 15 is 0 Å². The van der Waals surface area contributed by atoms with E-state index in [2.05, 4.69) is 5.10 Å². The van der Waals surface area contributed by atoms with E-state index < -0.39 is 46.0 Å². The Balaban J connectivity index is 1.98. The fourth-order valence-corrected chi connectivity index (χ4v) is 3.91. The second-order valence-corrected chi connectivity index (χ2v) is 7.88. The first kappa shape index (κ1) is 24.9. The largest absolute Gasteiger partial charge is 0.478 e. The van der Waals surface area contributed by atoms with Gasteiger partial charge in [0.2, 0.25) is 0 Å². The van der Waals surface area contributed by atoms with E-state index in [9.17, 15) is 37.1 Å². The number of fused-ring (bicyclic) bond motifs is 1. The van der Waals surface area contributed by atoms with Crippen LogP contribution < -0.4 is 4.74 Å². The molecule has 12 heteroatoms. The van der Waals surface area contributed by atoms with Crippen LogP contribution in [0, 0.1) is 5.82 Å². The Morgan fingerprint density at radius 1 is 1.06 bits per heavy atom.